The maximum Gasteiger partial charge on any atom is 0.315 e. The van der Waals surface area contributed by atoms with Crippen LogP contribution < -0.4 is 5.32 Å². The number of aliphatic carboxylic acids is 1. The Bertz CT molecular complexity index is 703. The molecule has 0 radical (unpaired) electrons. The predicted molar refractivity (Wildman–Crippen MR) is 85.1 cm³/mol. The highest BCUT2D eigenvalue weighted by atomic mass is 16.4. The van der Waals surface area contributed by atoms with Gasteiger partial charge in [-0.2, -0.15) is 0 Å². The molecular weight excluding hydrogens is 294 g/mol. The van der Waals surface area contributed by atoms with Crippen LogP contribution >= 0.6 is 0 Å². The molecule has 0 aliphatic rings. The Labute approximate surface area is 134 Å². The molecule has 0 aliphatic heterocycles. The number of aryl methyl sites for hydroxylation is 1. The lowest BCUT2D eigenvalue weighted by atomic mass is 9.78. The summed E-state index contributed by atoms with van der Waals surface area (Å²) in [5, 5.41) is 12.5. The zero-order chi connectivity index (χ0) is 16.9. The predicted octanol–water partition coefficient (Wildman–Crippen LogP) is 1.95. The molecule has 1 aromatic heterocycles. The van der Waals surface area contributed by atoms with Gasteiger partial charge in [-0.15, -0.1) is 0 Å². The summed E-state index contributed by atoms with van der Waals surface area (Å²) >= 11 is 0. The Balaban J connectivity index is 2.25. The first-order chi connectivity index (χ1) is 11.0. The van der Waals surface area contributed by atoms with Gasteiger partial charge < -0.3 is 10.4 Å². The normalized spacial score (nSPS) is 13.1. The molecular formula is C17H19N3O3. The summed E-state index contributed by atoms with van der Waals surface area (Å²) in [5.74, 6) is -1.34. The van der Waals surface area contributed by atoms with Gasteiger partial charge in [0.1, 0.15) is 11.7 Å². The van der Waals surface area contributed by atoms with Gasteiger partial charge in [-0.1, -0.05) is 37.3 Å². The number of rotatable bonds is 6. The van der Waals surface area contributed by atoms with Gasteiger partial charge in [-0.3, -0.25) is 9.59 Å². The Morgan fingerprint density at radius 3 is 2.52 bits per heavy atom. The fourth-order valence-electron chi connectivity index (χ4n) is 2.48. The highest BCUT2D eigenvalue weighted by Crippen LogP contribution is 2.28. The molecule has 6 nitrogen and oxygen atoms in total. The van der Waals surface area contributed by atoms with Crippen LogP contribution in [0.2, 0.25) is 0 Å². The molecule has 0 spiro atoms. The van der Waals surface area contributed by atoms with Crippen LogP contribution in [0.5, 0.6) is 0 Å². The first kappa shape index (κ1) is 16.6. The second-order valence-corrected chi connectivity index (χ2v) is 5.31. The number of benzene rings is 1. The van der Waals surface area contributed by atoms with E-state index in [0.717, 1.165) is 0 Å². The van der Waals surface area contributed by atoms with E-state index in [9.17, 15) is 14.7 Å². The molecule has 0 saturated carbocycles. The molecule has 1 atom stereocenters. The summed E-state index contributed by atoms with van der Waals surface area (Å²) in [5.41, 5.74) is 0.391. The van der Waals surface area contributed by atoms with Crippen LogP contribution in [0.4, 0.5) is 0 Å². The Morgan fingerprint density at radius 2 is 1.96 bits per heavy atom. The first-order valence-corrected chi connectivity index (χ1v) is 7.35. The lowest BCUT2D eigenvalue weighted by Crippen LogP contribution is -2.46. The van der Waals surface area contributed by atoms with Gasteiger partial charge in [0, 0.05) is 12.7 Å². The van der Waals surface area contributed by atoms with E-state index in [-0.39, 0.29) is 12.5 Å². The first-order valence-electron chi connectivity index (χ1n) is 7.35. The van der Waals surface area contributed by atoms with E-state index in [1.807, 2.05) is 6.07 Å². The quantitative estimate of drug-likeness (QED) is 0.850. The number of amides is 1. The Morgan fingerprint density at radius 1 is 1.26 bits per heavy atom. The third kappa shape index (κ3) is 3.36. The van der Waals surface area contributed by atoms with Crippen LogP contribution in [0.3, 0.4) is 0 Å². The van der Waals surface area contributed by atoms with E-state index in [2.05, 4.69) is 15.3 Å². The maximum atomic E-state index is 12.3. The second kappa shape index (κ2) is 7.00. The van der Waals surface area contributed by atoms with Crippen LogP contribution in [-0.4, -0.2) is 33.5 Å². The van der Waals surface area contributed by atoms with Gasteiger partial charge in [0.2, 0.25) is 0 Å². The van der Waals surface area contributed by atoms with E-state index in [0.29, 0.717) is 23.2 Å². The van der Waals surface area contributed by atoms with Crippen molar-refractivity contribution in [2.45, 2.75) is 25.7 Å². The molecule has 1 amide bonds. The average molecular weight is 313 g/mol. The molecule has 0 saturated heterocycles. The molecule has 0 bridgehead atoms. The number of nitrogens with one attached hydrogen (secondary N) is 1. The lowest BCUT2D eigenvalue weighted by Gasteiger charge is -2.29. The van der Waals surface area contributed by atoms with Crippen LogP contribution in [-0.2, 0) is 10.2 Å². The zero-order valence-corrected chi connectivity index (χ0v) is 13.1. The number of hydrogen-bond donors (Lipinski definition) is 2. The van der Waals surface area contributed by atoms with Crippen molar-refractivity contribution in [2.75, 3.05) is 6.54 Å². The molecule has 2 aromatic rings. The van der Waals surface area contributed by atoms with Crippen molar-refractivity contribution < 1.29 is 14.7 Å². The minimum Gasteiger partial charge on any atom is -0.481 e. The van der Waals surface area contributed by atoms with E-state index in [1.165, 1.54) is 12.5 Å². The van der Waals surface area contributed by atoms with Gasteiger partial charge in [0.05, 0.1) is 11.3 Å². The van der Waals surface area contributed by atoms with Crippen molar-refractivity contribution in [1.82, 2.24) is 15.3 Å². The monoisotopic (exact) mass is 313 g/mol. The van der Waals surface area contributed by atoms with Crippen molar-refractivity contribution in [1.29, 1.82) is 0 Å². The van der Waals surface area contributed by atoms with E-state index in [1.54, 1.807) is 38.1 Å². The largest absolute Gasteiger partial charge is 0.481 e. The summed E-state index contributed by atoms with van der Waals surface area (Å²) in [4.78, 5) is 32.0. The van der Waals surface area contributed by atoms with Crippen molar-refractivity contribution >= 4 is 11.9 Å². The van der Waals surface area contributed by atoms with Crippen molar-refractivity contribution in [2.24, 2.45) is 0 Å². The number of carboxylic acids is 1. The SMILES string of the molecule is CCC(CNC(=O)c1cncnc1C)(C(=O)O)c1ccccc1. The van der Waals surface area contributed by atoms with Crippen LogP contribution in [0, 0.1) is 6.92 Å². The molecule has 0 aliphatic carbocycles. The average Bonchev–Trinajstić information content (AvgIpc) is 2.56. The number of carbonyl (C=O) groups excluding carboxylic acids is 1. The van der Waals surface area contributed by atoms with Crippen molar-refractivity contribution in [3.8, 4) is 0 Å². The summed E-state index contributed by atoms with van der Waals surface area (Å²) in [6.07, 6.45) is 3.15. The molecule has 2 N–H and O–H groups in total. The third-order valence-electron chi connectivity index (χ3n) is 4.05. The summed E-state index contributed by atoms with van der Waals surface area (Å²) in [7, 11) is 0. The van der Waals surface area contributed by atoms with Crippen molar-refractivity contribution in [3.05, 3.63) is 59.7 Å². The lowest BCUT2D eigenvalue weighted by molar-refractivity contribution is -0.143. The highest BCUT2D eigenvalue weighted by molar-refractivity contribution is 5.95. The number of aromatic nitrogens is 2. The van der Waals surface area contributed by atoms with Crippen LogP contribution in [0.1, 0.15) is 35.0 Å². The smallest absolute Gasteiger partial charge is 0.315 e. The highest BCUT2D eigenvalue weighted by Gasteiger charge is 2.39. The molecule has 0 fully saturated rings. The molecule has 1 heterocycles. The van der Waals surface area contributed by atoms with E-state index < -0.39 is 11.4 Å². The summed E-state index contributed by atoms with van der Waals surface area (Å²) < 4.78 is 0. The fraction of sp³-hybridized carbons (Fsp3) is 0.294. The second-order valence-electron chi connectivity index (χ2n) is 5.31. The number of carboxylic acid groups (broad SMARTS) is 1. The van der Waals surface area contributed by atoms with E-state index >= 15 is 0 Å². The summed E-state index contributed by atoms with van der Waals surface area (Å²) in [6, 6.07) is 8.94. The fourth-order valence-corrected chi connectivity index (χ4v) is 2.48. The molecule has 120 valence electrons. The van der Waals surface area contributed by atoms with Gasteiger partial charge >= 0.3 is 5.97 Å². The minimum absolute atomic E-state index is 0.00395. The third-order valence-corrected chi connectivity index (χ3v) is 4.05. The van der Waals surface area contributed by atoms with Gasteiger partial charge in [0.25, 0.3) is 5.91 Å². The van der Waals surface area contributed by atoms with Gasteiger partial charge in [0.15, 0.2) is 0 Å². The Hall–Kier alpha value is -2.76. The zero-order valence-electron chi connectivity index (χ0n) is 13.1. The molecule has 6 heteroatoms. The number of carbonyl (C=O) groups is 2. The van der Waals surface area contributed by atoms with Gasteiger partial charge in [-0.25, -0.2) is 9.97 Å². The van der Waals surface area contributed by atoms with Crippen LogP contribution in [0.15, 0.2) is 42.9 Å². The maximum absolute atomic E-state index is 12.3. The molecule has 23 heavy (non-hydrogen) atoms. The topological polar surface area (TPSA) is 92.2 Å². The minimum atomic E-state index is -1.17. The molecule has 1 aromatic carbocycles. The van der Waals surface area contributed by atoms with Crippen molar-refractivity contribution in [3.63, 3.8) is 0 Å². The van der Waals surface area contributed by atoms with Crippen LogP contribution in [0.25, 0.3) is 0 Å². The number of nitrogens with zero attached hydrogens (tertiary/aromatic N) is 2. The van der Waals surface area contributed by atoms with E-state index in [4.69, 9.17) is 0 Å². The molecule has 1 unspecified atom stereocenters. The van der Waals surface area contributed by atoms with Gasteiger partial charge in [-0.05, 0) is 18.9 Å². The molecule has 2 rings (SSSR count). The number of hydrogen-bond acceptors (Lipinski definition) is 4. The standard InChI is InChI=1S/C17H19N3O3/c1-3-17(16(22)23,13-7-5-4-6-8-13)10-19-15(21)14-9-18-11-20-12(14)2/h4-9,11H,3,10H2,1-2H3,(H,19,21)(H,22,23). The Kier molecular flexibility index (Phi) is 5.05. The summed E-state index contributed by atoms with van der Waals surface area (Å²) in [6.45, 7) is 3.50.